The van der Waals surface area contributed by atoms with Crippen molar-refractivity contribution in [2.75, 3.05) is 19.8 Å². The Hall–Kier alpha value is -2.64. The lowest BCUT2D eigenvalue weighted by atomic mass is 9.99. The highest BCUT2D eigenvalue weighted by molar-refractivity contribution is 5.76. The number of nitrogens with one attached hydrogen (secondary N) is 1. The third-order valence-corrected chi connectivity index (χ3v) is 18.8. The number of aliphatic hydroxyl groups excluding tert-OH is 5. The number of aliphatic hydroxyl groups is 5. The third kappa shape index (κ3) is 59.2. The highest BCUT2D eigenvalue weighted by Gasteiger charge is 2.44. The molecule has 1 rings (SSSR count). The molecule has 0 spiro atoms. The normalized spacial score (nSPS) is 17.8. The van der Waals surface area contributed by atoms with E-state index in [1.807, 2.05) is 6.08 Å². The molecule has 0 radical (unpaired) electrons. The minimum atomic E-state index is -1.58. The Morgan fingerprint density at radius 1 is 0.398 bits per heavy atom. The number of ether oxygens (including phenoxy) is 3. The molecule has 544 valence electrons. The van der Waals surface area contributed by atoms with Crippen LogP contribution in [0.1, 0.15) is 386 Å². The lowest BCUT2D eigenvalue weighted by Crippen LogP contribution is -2.60. The largest absolute Gasteiger partial charge is 0.466 e. The van der Waals surface area contributed by atoms with E-state index in [0.717, 1.165) is 64.2 Å². The van der Waals surface area contributed by atoms with E-state index in [0.29, 0.717) is 19.4 Å². The Morgan fingerprint density at radius 3 is 1.14 bits per heavy atom. The van der Waals surface area contributed by atoms with Gasteiger partial charge in [-0.05, 0) is 103 Å². The molecule has 7 atom stereocenters. The van der Waals surface area contributed by atoms with Gasteiger partial charge in [0.2, 0.25) is 5.91 Å². The van der Waals surface area contributed by atoms with Crippen LogP contribution in [0, 0.1) is 0 Å². The summed E-state index contributed by atoms with van der Waals surface area (Å²) in [5, 5.41) is 54.5. The summed E-state index contributed by atoms with van der Waals surface area (Å²) in [6.07, 6.45) is 85.4. The molecule has 6 N–H and O–H groups in total. The van der Waals surface area contributed by atoms with Crippen molar-refractivity contribution in [3.63, 3.8) is 0 Å². The van der Waals surface area contributed by atoms with E-state index < -0.39 is 49.5 Å². The molecule has 1 heterocycles. The fourth-order valence-corrected chi connectivity index (χ4v) is 12.5. The number of esters is 1. The van der Waals surface area contributed by atoms with Crippen molar-refractivity contribution in [3.8, 4) is 0 Å². The van der Waals surface area contributed by atoms with Crippen LogP contribution in [0.2, 0.25) is 0 Å². The van der Waals surface area contributed by atoms with Gasteiger partial charge in [0.25, 0.3) is 0 Å². The summed E-state index contributed by atoms with van der Waals surface area (Å²) < 4.78 is 16.7. The van der Waals surface area contributed by atoms with E-state index in [1.165, 1.54) is 295 Å². The molecule has 93 heavy (non-hydrogen) atoms. The molecule has 0 aromatic carbocycles. The van der Waals surface area contributed by atoms with E-state index in [9.17, 15) is 35.1 Å². The standard InChI is InChI=1S/C82H151NO10/c1-3-5-7-9-11-13-15-44-48-52-56-60-64-68-75(85)74(73-92-82-81(90)80(89)79(88)76(72-84)93-82)83-77(86)69-65-61-57-53-49-46-42-40-38-36-34-32-30-28-26-24-22-20-18-17-19-21-23-25-27-29-31-33-35-37-39-41-43-47-51-55-59-63-67-71-91-78(87)70-66-62-58-54-50-45-16-14-12-10-8-6-4-2/h14,16-18,21,23,48,52,64,68,74-76,79-82,84-85,88-90H,3-13,15,19-20,22,24-47,49-51,53-63,65-67,69-73H2,1-2H3,(H,83,86)/b16-14-,18-17-,23-21-,52-48+,68-64+. The number of unbranched alkanes of at least 4 members (excludes halogenated alkanes) is 49. The zero-order valence-corrected chi connectivity index (χ0v) is 60.7. The number of carbonyl (C=O) groups is 2. The van der Waals surface area contributed by atoms with Crippen molar-refractivity contribution < 1.29 is 49.3 Å². The Morgan fingerprint density at radius 2 is 0.731 bits per heavy atom. The van der Waals surface area contributed by atoms with Gasteiger partial charge in [-0.15, -0.1) is 0 Å². The number of hydrogen-bond acceptors (Lipinski definition) is 10. The average Bonchev–Trinajstić information content (AvgIpc) is 0.985. The molecule has 1 aliphatic rings. The molecule has 11 heteroatoms. The first-order valence-corrected chi connectivity index (χ1v) is 40.1. The maximum absolute atomic E-state index is 13.1. The number of rotatable bonds is 71. The highest BCUT2D eigenvalue weighted by Crippen LogP contribution is 2.24. The smallest absolute Gasteiger partial charge is 0.305 e. The number of carbonyl (C=O) groups excluding carboxylic acids is 2. The fraction of sp³-hybridized carbons (Fsp3) is 0.854. The second kappa shape index (κ2) is 70.7. The number of allylic oxidation sites excluding steroid dienone is 9. The molecule has 0 aromatic heterocycles. The molecule has 1 saturated heterocycles. The molecule has 1 aliphatic heterocycles. The van der Waals surface area contributed by atoms with Gasteiger partial charge in [0, 0.05) is 12.8 Å². The van der Waals surface area contributed by atoms with Gasteiger partial charge >= 0.3 is 5.97 Å². The van der Waals surface area contributed by atoms with Gasteiger partial charge in [0.05, 0.1) is 32.0 Å². The summed E-state index contributed by atoms with van der Waals surface area (Å²) in [6, 6.07) is -0.826. The van der Waals surface area contributed by atoms with Crippen LogP contribution < -0.4 is 5.32 Å². The predicted octanol–water partition coefficient (Wildman–Crippen LogP) is 21.6. The molecule has 0 bridgehead atoms. The quantitative estimate of drug-likeness (QED) is 0.0195. The van der Waals surface area contributed by atoms with E-state index in [1.54, 1.807) is 6.08 Å². The molecule has 1 fully saturated rings. The van der Waals surface area contributed by atoms with Gasteiger partial charge < -0.3 is 45.1 Å². The van der Waals surface area contributed by atoms with Crippen LogP contribution in [0.25, 0.3) is 0 Å². The molecular formula is C82H151NO10. The van der Waals surface area contributed by atoms with Crippen LogP contribution in [0.3, 0.4) is 0 Å². The van der Waals surface area contributed by atoms with Crippen molar-refractivity contribution >= 4 is 11.9 Å². The second-order valence-corrected chi connectivity index (χ2v) is 27.7. The second-order valence-electron chi connectivity index (χ2n) is 27.7. The van der Waals surface area contributed by atoms with Gasteiger partial charge in [0.15, 0.2) is 6.29 Å². The van der Waals surface area contributed by atoms with Crippen LogP contribution in [-0.4, -0.2) is 100 Å². The minimum absolute atomic E-state index is 0.00527. The van der Waals surface area contributed by atoms with Crippen LogP contribution in [0.15, 0.2) is 60.8 Å². The average molecular weight is 1310 g/mol. The number of amides is 1. The van der Waals surface area contributed by atoms with E-state index >= 15 is 0 Å². The van der Waals surface area contributed by atoms with Gasteiger partial charge in [-0.3, -0.25) is 9.59 Å². The van der Waals surface area contributed by atoms with E-state index in [4.69, 9.17) is 14.2 Å². The maximum atomic E-state index is 13.1. The molecular weight excluding hydrogens is 1160 g/mol. The lowest BCUT2D eigenvalue weighted by molar-refractivity contribution is -0.302. The zero-order valence-electron chi connectivity index (χ0n) is 60.7. The van der Waals surface area contributed by atoms with E-state index in [-0.39, 0.29) is 18.5 Å². The molecule has 0 aromatic rings. The highest BCUT2D eigenvalue weighted by atomic mass is 16.7. The Labute approximate surface area is 573 Å². The third-order valence-electron chi connectivity index (χ3n) is 18.8. The topological polar surface area (TPSA) is 175 Å². The molecule has 7 unspecified atom stereocenters. The van der Waals surface area contributed by atoms with Crippen LogP contribution in [0.5, 0.6) is 0 Å². The summed E-state index contributed by atoms with van der Waals surface area (Å²) in [4.78, 5) is 25.1. The summed E-state index contributed by atoms with van der Waals surface area (Å²) in [7, 11) is 0. The first-order valence-electron chi connectivity index (χ1n) is 40.1. The summed E-state index contributed by atoms with van der Waals surface area (Å²) in [6.45, 7) is 4.34. The summed E-state index contributed by atoms with van der Waals surface area (Å²) in [5.74, 6) is -0.182. The van der Waals surface area contributed by atoms with Crippen molar-refractivity contribution in [2.45, 2.75) is 429 Å². The monoisotopic (exact) mass is 1310 g/mol. The zero-order chi connectivity index (χ0) is 67.2. The Bertz CT molecular complexity index is 1730. The van der Waals surface area contributed by atoms with Crippen LogP contribution in [-0.2, 0) is 23.8 Å². The predicted molar refractivity (Wildman–Crippen MR) is 393 cm³/mol. The van der Waals surface area contributed by atoms with Gasteiger partial charge in [-0.2, -0.15) is 0 Å². The van der Waals surface area contributed by atoms with Gasteiger partial charge in [-0.1, -0.05) is 331 Å². The first kappa shape index (κ1) is 88.4. The van der Waals surface area contributed by atoms with E-state index in [2.05, 4.69) is 67.8 Å². The van der Waals surface area contributed by atoms with Crippen molar-refractivity contribution in [1.29, 1.82) is 0 Å². The molecule has 0 saturated carbocycles. The van der Waals surface area contributed by atoms with Gasteiger partial charge in [0.1, 0.15) is 24.4 Å². The number of hydrogen-bond donors (Lipinski definition) is 6. The van der Waals surface area contributed by atoms with Crippen LogP contribution in [0.4, 0.5) is 0 Å². The molecule has 11 nitrogen and oxygen atoms in total. The Kier molecular flexibility index (Phi) is 67.2. The first-order chi connectivity index (χ1) is 45.7. The van der Waals surface area contributed by atoms with Crippen molar-refractivity contribution in [1.82, 2.24) is 5.32 Å². The van der Waals surface area contributed by atoms with Crippen molar-refractivity contribution in [3.05, 3.63) is 60.8 Å². The fourth-order valence-electron chi connectivity index (χ4n) is 12.5. The molecule has 0 aliphatic carbocycles. The lowest BCUT2D eigenvalue weighted by Gasteiger charge is -2.40. The summed E-state index contributed by atoms with van der Waals surface area (Å²) >= 11 is 0. The Balaban J connectivity index is 1.91. The summed E-state index contributed by atoms with van der Waals surface area (Å²) in [5.41, 5.74) is 0. The van der Waals surface area contributed by atoms with Crippen molar-refractivity contribution in [2.24, 2.45) is 0 Å². The van der Waals surface area contributed by atoms with Gasteiger partial charge in [-0.25, -0.2) is 0 Å². The minimum Gasteiger partial charge on any atom is -0.466 e. The molecule has 1 amide bonds. The SMILES string of the molecule is CCCCCC/C=C\CCCCCCCC(=O)OCCCCCCCCCCCCCCCCC/C=C\C/C=C\CCCCCCCCCCCCCCCCCCCC(=O)NC(COC1OC(CO)C(O)C(O)C1O)C(O)/C=C/CC/C=C/CCCCCCCCC. The maximum Gasteiger partial charge on any atom is 0.305 e. The van der Waals surface area contributed by atoms with Crippen LogP contribution >= 0.6 is 0 Å².